The Hall–Kier alpha value is -2.37. The number of carbonyl (C=O) groups excluding carboxylic acids is 1. The SMILES string of the molecule is Cc1cc(C)nc(NC2CCN(C(=O)c3ccco3)CC2)n1. The Morgan fingerprint density at radius 1 is 1.27 bits per heavy atom. The first-order chi connectivity index (χ1) is 10.6. The number of nitrogens with one attached hydrogen (secondary N) is 1. The van der Waals surface area contributed by atoms with Crippen LogP contribution in [0.1, 0.15) is 34.8 Å². The predicted molar refractivity (Wildman–Crippen MR) is 82.8 cm³/mol. The zero-order valence-electron chi connectivity index (χ0n) is 12.9. The Balaban J connectivity index is 1.56. The molecule has 0 saturated carbocycles. The van der Waals surface area contributed by atoms with E-state index in [2.05, 4.69) is 15.3 Å². The second-order valence-corrected chi connectivity index (χ2v) is 5.66. The molecule has 1 fully saturated rings. The molecular weight excluding hydrogens is 280 g/mol. The lowest BCUT2D eigenvalue weighted by Crippen LogP contribution is -2.42. The summed E-state index contributed by atoms with van der Waals surface area (Å²) in [5.41, 5.74) is 1.92. The van der Waals surface area contributed by atoms with Crippen molar-refractivity contribution in [3.63, 3.8) is 0 Å². The third kappa shape index (κ3) is 3.27. The normalized spacial score (nSPS) is 15.8. The van der Waals surface area contributed by atoms with Crippen molar-refractivity contribution in [1.29, 1.82) is 0 Å². The van der Waals surface area contributed by atoms with Crippen LogP contribution in [0.4, 0.5) is 5.95 Å². The number of furan rings is 1. The number of aryl methyl sites for hydroxylation is 2. The average Bonchev–Trinajstić information content (AvgIpc) is 3.00. The zero-order valence-corrected chi connectivity index (χ0v) is 12.9. The van der Waals surface area contributed by atoms with Gasteiger partial charge in [0.25, 0.3) is 5.91 Å². The highest BCUT2D eigenvalue weighted by Gasteiger charge is 2.25. The van der Waals surface area contributed by atoms with Gasteiger partial charge in [0.1, 0.15) is 0 Å². The Morgan fingerprint density at radius 3 is 2.55 bits per heavy atom. The van der Waals surface area contributed by atoms with Crippen LogP contribution in [0, 0.1) is 13.8 Å². The maximum absolute atomic E-state index is 12.2. The van der Waals surface area contributed by atoms with E-state index in [1.165, 1.54) is 6.26 Å². The number of hydrogen-bond donors (Lipinski definition) is 1. The van der Waals surface area contributed by atoms with E-state index < -0.39 is 0 Å². The summed E-state index contributed by atoms with van der Waals surface area (Å²) in [7, 11) is 0. The van der Waals surface area contributed by atoms with Crippen LogP contribution in [0.2, 0.25) is 0 Å². The summed E-state index contributed by atoms with van der Waals surface area (Å²) in [6.45, 7) is 5.35. The fourth-order valence-electron chi connectivity index (χ4n) is 2.76. The Bertz CT molecular complexity index is 626. The number of aromatic nitrogens is 2. The number of likely N-dealkylation sites (tertiary alicyclic amines) is 1. The van der Waals surface area contributed by atoms with Crippen LogP contribution >= 0.6 is 0 Å². The van der Waals surface area contributed by atoms with Gasteiger partial charge in [0.05, 0.1) is 6.26 Å². The van der Waals surface area contributed by atoms with Crippen LogP contribution in [-0.4, -0.2) is 39.9 Å². The molecule has 0 aliphatic carbocycles. The first-order valence-corrected chi connectivity index (χ1v) is 7.53. The lowest BCUT2D eigenvalue weighted by Gasteiger charge is -2.31. The molecule has 0 radical (unpaired) electrons. The van der Waals surface area contributed by atoms with Gasteiger partial charge in [0.2, 0.25) is 5.95 Å². The molecule has 0 bridgehead atoms. The predicted octanol–water partition coefficient (Wildman–Crippen LogP) is 2.40. The van der Waals surface area contributed by atoms with E-state index in [9.17, 15) is 4.79 Å². The van der Waals surface area contributed by atoms with E-state index in [4.69, 9.17) is 4.42 Å². The number of piperidine rings is 1. The van der Waals surface area contributed by atoms with Gasteiger partial charge in [0, 0.05) is 30.5 Å². The standard InChI is InChI=1S/C16H20N4O2/c1-11-10-12(2)18-16(17-11)19-13-5-7-20(8-6-13)15(21)14-4-3-9-22-14/h3-4,9-10,13H,5-8H2,1-2H3,(H,17,18,19). The summed E-state index contributed by atoms with van der Waals surface area (Å²) in [4.78, 5) is 22.8. The molecule has 22 heavy (non-hydrogen) atoms. The van der Waals surface area contributed by atoms with Gasteiger partial charge in [-0.25, -0.2) is 9.97 Å². The molecular formula is C16H20N4O2. The maximum atomic E-state index is 12.2. The number of hydrogen-bond acceptors (Lipinski definition) is 5. The third-order valence-electron chi connectivity index (χ3n) is 3.83. The fraction of sp³-hybridized carbons (Fsp3) is 0.438. The van der Waals surface area contributed by atoms with E-state index in [1.54, 1.807) is 12.1 Å². The molecule has 6 heteroatoms. The van der Waals surface area contributed by atoms with Gasteiger partial charge >= 0.3 is 0 Å². The summed E-state index contributed by atoms with van der Waals surface area (Å²) in [6.07, 6.45) is 3.28. The zero-order chi connectivity index (χ0) is 15.5. The minimum Gasteiger partial charge on any atom is -0.459 e. The molecule has 6 nitrogen and oxygen atoms in total. The van der Waals surface area contributed by atoms with Crippen LogP contribution in [0.25, 0.3) is 0 Å². The number of rotatable bonds is 3. The van der Waals surface area contributed by atoms with E-state index in [0.717, 1.165) is 24.2 Å². The molecule has 116 valence electrons. The van der Waals surface area contributed by atoms with Gasteiger partial charge in [0.15, 0.2) is 5.76 Å². The van der Waals surface area contributed by atoms with Crippen LogP contribution < -0.4 is 5.32 Å². The summed E-state index contributed by atoms with van der Waals surface area (Å²) in [5.74, 6) is 1.04. The molecule has 1 saturated heterocycles. The van der Waals surface area contributed by atoms with Crippen molar-refractivity contribution < 1.29 is 9.21 Å². The topological polar surface area (TPSA) is 71.3 Å². The van der Waals surface area contributed by atoms with Crippen molar-refractivity contribution in [3.05, 3.63) is 41.6 Å². The largest absolute Gasteiger partial charge is 0.459 e. The molecule has 3 rings (SSSR count). The molecule has 0 unspecified atom stereocenters. The van der Waals surface area contributed by atoms with Crippen LogP contribution in [0.3, 0.4) is 0 Å². The monoisotopic (exact) mass is 300 g/mol. The van der Waals surface area contributed by atoms with Crippen molar-refractivity contribution >= 4 is 11.9 Å². The van der Waals surface area contributed by atoms with E-state index >= 15 is 0 Å². The lowest BCUT2D eigenvalue weighted by atomic mass is 10.0. The van der Waals surface area contributed by atoms with Gasteiger partial charge in [-0.05, 0) is 44.9 Å². The highest BCUT2D eigenvalue weighted by molar-refractivity contribution is 5.91. The van der Waals surface area contributed by atoms with Gasteiger partial charge < -0.3 is 14.6 Å². The van der Waals surface area contributed by atoms with Crippen molar-refractivity contribution in [1.82, 2.24) is 14.9 Å². The average molecular weight is 300 g/mol. The number of nitrogens with zero attached hydrogens (tertiary/aromatic N) is 3. The molecule has 0 atom stereocenters. The molecule has 1 aliphatic rings. The first kappa shape index (κ1) is 14.6. The van der Waals surface area contributed by atoms with Gasteiger partial charge in [-0.3, -0.25) is 4.79 Å². The molecule has 1 N–H and O–H groups in total. The van der Waals surface area contributed by atoms with Crippen LogP contribution in [-0.2, 0) is 0 Å². The molecule has 1 aliphatic heterocycles. The minimum absolute atomic E-state index is 0.0360. The van der Waals surface area contributed by atoms with Crippen molar-refractivity contribution in [2.24, 2.45) is 0 Å². The fourth-order valence-corrected chi connectivity index (χ4v) is 2.76. The first-order valence-electron chi connectivity index (χ1n) is 7.53. The molecule has 1 amide bonds. The van der Waals surface area contributed by atoms with Crippen LogP contribution in [0.15, 0.2) is 28.9 Å². The molecule has 2 aromatic rings. The van der Waals surface area contributed by atoms with E-state index in [-0.39, 0.29) is 5.91 Å². The van der Waals surface area contributed by atoms with Crippen LogP contribution in [0.5, 0.6) is 0 Å². The Kier molecular flexibility index (Phi) is 4.09. The number of carbonyl (C=O) groups is 1. The molecule has 0 aromatic carbocycles. The number of amides is 1. The molecule has 0 spiro atoms. The summed E-state index contributed by atoms with van der Waals surface area (Å²) >= 11 is 0. The maximum Gasteiger partial charge on any atom is 0.289 e. The second-order valence-electron chi connectivity index (χ2n) is 5.66. The third-order valence-corrected chi connectivity index (χ3v) is 3.83. The van der Waals surface area contributed by atoms with Gasteiger partial charge in [-0.15, -0.1) is 0 Å². The van der Waals surface area contributed by atoms with E-state index in [0.29, 0.717) is 30.8 Å². The Labute approximate surface area is 129 Å². The van der Waals surface area contributed by atoms with Crippen molar-refractivity contribution in [3.8, 4) is 0 Å². The van der Waals surface area contributed by atoms with E-state index in [1.807, 2.05) is 24.8 Å². The minimum atomic E-state index is -0.0360. The van der Waals surface area contributed by atoms with Crippen molar-refractivity contribution in [2.45, 2.75) is 32.7 Å². The molecule has 3 heterocycles. The van der Waals surface area contributed by atoms with Crippen molar-refractivity contribution in [2.75, 3.05) is 18.4 Å². The number of anilines is 1. The van der Waals surface area contributed by atoms with Gasteiger partial charge in [-0.2, -0.15) is 0 Å². The quantitative estimate of drug-likeness (QED) is 0.942. The van der Waals surface area contributed by atoms with Gasteiger partial charge in [-0.1, -0.05) is 0 Å². The Morgan fingerprint density at radius 2 is 1.95 bits per heavy atom. The summed E-state index contributed by atoms with van der Waals surface area (Å²) < 4.78 is 5.17. The second kappa shape index (κ2) is 6.17. The summed E-state index contributed by atoms with van der Waals surface area (Å²) in [5, 5.41) is 3.37. The smallest absolute Gasteiger partial charge is 0.289 e. The summed E-state index contributed by atoms with van der Waals surface area (Å²) in [6, 6.07) is 5.69. The molecule has 2 aromatic heterocycles. The lowest BCUT2D eigenvalue weighted by molar-refractivity contribution is 0.0686. The highest BCUT2D eigenvalue weighted by atomic mass is 16.3. The highest BCUT2D eigenvalue weighted by Crippen LogP contribution is 2.17.